The molecule has 0 saturated carbocycles. The molecule has 0 unspecified atom stereocenters. The zero-order valence-electron chi connectivity index (χ0n) is 16.6. The first-order chi connectivity index (χ1) is 14.5. The Labute approximate surface area is 174 Å². The van der Waals surface area contributed by atoms with Crippen molar-refractivity contribution in [3.63, 3.8) is 0 Å². The van der Waals surface area contributed by atoms with Crippen molar-refractivity contribution in [2.24, 2.45) is 5.73 Å². The first-order valence-corrected chi connectivity index (χ1v) is 10.0. The third kappa shape index (κ3) is 4.21. The second kappa shape index (κ2) is 8.52. The first-order valence-electron chi connectivity index (χ1n) is 10.0. The number of carbonyl (C=O) groups excluding carboxylic acids is 1. The Morgan fingerprint density at radius 2 is 1.80 bits per heavy atom. The molecule has 0 aliphatic carbocycles. The predicted octanol–water partition coefficient (Wildman–Crippen LogP) is 2.58. The van der Waals surface area contributed by atoms with E-state index >= 15 is 0 Å². The Balaban J connectivity index is 1.51. The van der Waals surface area contributed by atoms with Crippen LogP contribution in [0.2, 0.25) is 0 Å². The standard InChI is InChI=1S/C23H24FN3O3/c24-18-2-4-21-17(11-18)14-30-13-16-9-15(1-3-20(16)21)10-19(12-25)27-22(28)23(26)5-7-29-8-6-23/h1-4,9,11,19H,5-8,10,13-14,26H2,(H,27,28)/t19-/m0/s1. The fourth-order valence-corrected chi connectivity index (χ4v) is 4.00. The van der Waals surface area contributed by atoms with Gasteiger partial charge in [0, 0.05) is 19.6 Å². The van der Waals surface area contributed by atoms with Crippen molar-refractivity contribution in [1.29, 1.82) is 5.26 Å². The largest absolute Gasteiger partial charge is 0.381 e. The van der Waals surface area contributed by atoms with Crippen LogP contribution in [-0.2, 0) is 33.9 Å². The van der Waals surface area contributed by atoms with Gasteiger partial charge in [0.1, 0.15) is 11.9 Å². The minimum Gasteiger partial charge on any atom is -0.381 e. The highest BCUT2D eigenvalue weighted by molar-refractivity contribution is 5.86. The van der Waals surface area contributed by atoms with Crippen LogP contribution in [0.1, 0.15) is 29.5 Å². The van der Waals surface area contributed by atoms with Crippen LogP contribution < -0.4 is 11.1 Å². The van der Waals surface area contributed by atoms with E-state index in [-0.39, 0.29) is 11.7 Å². The van der Waals surface area contributed by atoms with E-state index in [1.165, 1.54) is 12.1 Å². The first kappa shape index (κ1) is 20.5. The Morgan fingerprint density at radius 3 is 2.50 bits per heavy atom. The maximum absolute atomic E-state index is 13.6. The molecule has 2 aliphatic rings. The maximum Gasteiger partial charge on any atom is 0.241 e. The molecule has 7 heteroatoms. The molecule has 0 aromatic heterocycles. The van der Waals surface area contributed by atoms with Gasteiger partial charge in [0.05, 0.1) is 24.8 Å². The van der Waals surface area contributed by atoms with E-state index in [1.807, 2.05) is 18.2 Å². The van der Waals surface area contributed by atoms with Gasteiger partial charge in [0.25, 0.3) is 0 Å². The number of fused-ring (bicyclic) bond motifs is 3. The lowest BCUT2D eigenvalue weighted by Crippen LogP contribution is -2.58. The Morgan fingerprint density at radius 1 is 1.13 bits per heavy atom. The van der Waals surface area contributed by atoms with Crippen LogP contribution in [0.5, 0.6) is 0 Å². The lowest BCUT2D eigenvalue weighted by Gasteiger charge is -2.32. The molecule has 0 radical (unpaired) electrons. The van der Waals surface area contributed by atoms with E-state index in [0.717, 1.165) is 27.8 Å². The molecule has 3 N–H and O–H groups in total. The van der Waals surface area contributed by atoms with Crippen LogP contribution >= 0.6 is 0 Å². The number of hydrogen-bond donors (Lipinski definition) is 2. The molecule has 0 bridgehead atoms. The second-order valence-electron chi connectivity index (χ2n) is 7.91. The minimum absolute atomic E-state index is 0.285. The van der Waals surface area contributed by atoms with E-state index in [2.05, 4.69) is 11.4 Å². The molecular formula is C23H24FN3O3. The van der Waals surface area contributed by atoms with E-state index in [1.54, 1.807) is 6.07 Å². The van der Waals surface area contributed by atoms with E-state index in [9.17, 15) is 14.4 Å². The second-order valence-corrected chi connectivity index (χ2v) is 7.91. The molecule has 6 nitrogen and oxygen atoms in total. The average molecular weight is 409 g/mol. The summed E-state index contributed by atoms with van der Waals surface area (Å²) in [7, 11) is 0. The molecule has 2 aliphatic heterocycles. The Kier molecular flexibility index (Phi) is 5.82. The quantitative estimate of drug-likeness (QED) is 0.809. The van der Waals surface area contributed by atoms with Crippen molar-refractivity contribution in [3.05, 3.63) is 58.9 Å². The molecule has 1 amide bonds. The maximum atomic E-state index is 13.6. The van der Waals surface area contributed by atoms with Crippen LogP contribution in [0.4, 0.5) is 4.39 Å². The molecule has 4 rings (SSSR count). The van der Waals surface area contributed by atoms with Crippen LogP contribution in [-0.4, -0.2) is 30.7 Å². The van der Waals surface area contributed by atoms with Gasteiger partial charge in [-0.25, -0.2) is 4.39 Å². The molecule has 2 aromatic rings. The number of nitrogens with two attached hydrogens (primary N) is 1. The smallest absolute Gasteiger partial charge is 0.241 e. The van der Waals surface area contributed by atoms with E-state index < -0.39 is 11.6 Å². The summed E-state index contributed by atoms with van der Waals surface area (Å²) in [6.07, 6.45) is 1.23. The van der Waals surface area contributed by atoms with Gasteiger partial charge in [0.2, 0.25) is 5.91 Å². The van der Waals surface area contributed by atoms with E-state index in [4.69, 9.17) is 15.2 Å². The lowest BCUT2D eigenvalue weighted by molar-refractivity contribution is -0.130. The number of benzene rings is 2. The van der Waals surface area contributed by atoms with Crippen molar-refractivity contribution in [2.45, 2.75) is 44.1 Å². The predicted molar refractivity (Wildman–Crippen MR) is 109 cm³/mol. The van der Waals surface area contributed by atoms with Gasteiger partial charge in [-0.05, 0) is 52.8 Å². The Bertz CT molecular complexity index is 996. The summed E-state index contributed by atoms with van der Waals surface area (Å²) in [4.78, 5) is 12.6. The fraction of sp³-hybridized carbons (Fsp3) is 0.391. The highest BCUT2D eigenvalue weighted by Crippen LogP contribution is 2.33. The Hall–Kier alpha value is -2.79. The monoisotopic (exact) mass is 409 g/mol. The highest BCUT2D eigenvalue weighted by atomic mass is 19.1. The number of nitrogens with one attached hydrogen (secondary N) is 1. The summed E-state index contributed by atoms with van der Waals surface area (Å²) in [6.45, 7) is 1.62. The molecule has 1 atom stereocenters. The topological polar surface area (TPSA) is 97.4 Å². The third-order valence-electron chi connectivity index (χ3n) is 5.78. The number of nitriles is 1. The molecule has 2 heterocycles. The number of rotatable bonds is 4. The molecule has 1 saturated heterocycles. The summed E-state index contributed by atoms with van der Waals surface area (Å²) < 4.78 is 24.6. The van der Waals surface area contributed by atoms with Crippen LogP contribution in [0.15, 0.2) is 36.4 Å². The molecular weight excluding hydrogens is 385 g/mol. The molecule has 0 spiro atoms. The van der Waals surface area contributed by atoms with Gasteiger partial charge in [-0.15, -0.1) is 0 Å². The molecule has 2 aromatic carbocycles. The summed E-state index contributed by atoms with van der Waals surface area (Å²) in [6, 6.07) is 12.1. The highest BCUT2D eigenvalue weighted by Gasteiger charge is 2.36. The zero-order valence-corrected chi connectivity index (χ0v) is 16.6. The van der Waals surface area contributed by atoms with Gasteiger partial charge in [-0.1, -0.05) is 24.3 Å². The van der Waals surface area contributed by atoms with Crippen LogP contribution in [0.3, 0.4) is 0 Å². The number of halogens is 1. The van der Waals surface area contributed by atoms with Crippen molar-refractivity contribution >= 4 is 5.91 Å². The molecule has 1 fully saturated rings. The van der Waals surface area contributed by atoms with Gasteiger partial charge < -0.3 is 20.5 Å². The molecule has 156 valence electrons. The SMILES string of the molecule is N#C[C@H](Cc1ccc2c(c1)COCc1cc(F)ccc1-2)NC(=O)C1(N)CCOCC1. The van der Waals surface area contributed by atoms with Crippen LogP contribution in [0, 0.1) is 17.1 Å². The van der Waals surface area contributed by atoms with Crippen molar-refractivity contribution in [3.8, 4) is 17.2 Å². The molecule has 30 heavy (non-hydrogen) atoms. The van der Waals surface area contributed by atoms with Gasteiger partial charge in [-0.3, -0.25) is 4.79 Å². The van der Waals surface area contributed by atoms with Crippen molar-refractivity contribution in [2.75, 3.05) is 13.2 Å². The fourth-order valence-electron chi connectivity index (χ4n) is 4.00. The number of ether oxygens (including phenoxy) is 2. The number of carbonyl (C=O) groups is 1. The number of hydrogen-bond acceptors (Lipinski definition) is 5. The van der Waals surface area contributed by atoms with Gasteiger partial charge >= 0.3 is 0 Å². The van der Waals surface area contributed by atoms with Crippen molar-refractivity contribution in [1.82, 2.24) is 5.32 Å². The normalized spacial score (nSPS) is 18.3. The van der Waals surface area contributed by atoms with E-state index in [0.29, 0.717) is 45.7 Å². The zero-order chi connectivity index (χ0) is 21.1. The lowest BCUT2D eigenvalue weighted by atomic mass is 9.89. The van der Waals surface area contributed by atoms with Crippen molar-refractivity contribution < 1.29 is 18.7 Å². The third-order valence-corrected chi connectivity index (χ3v) is 5.78. The summed E-state index contributed by atoms with van der Waals surface area (Å²) >= 11 is 0. The van der Waals surface area contributed by atoms with Gasteiger partial charge in [-0.2, -0.15) is 5.26 Å². The summed E-state index contributed by atoms with van der Waals surface area (Å²) in [5, 5.41) is 12.4. The number of nitrogens with zero attached hydrogens (tertiary/aromatic N) is 1. The van der Waals surface area contributed by atoms with Gasteiger partial charge in [0.15, 0.2) is 0 Å². The summed E-state index contributed by atoms with van der Waals surface area (Å²) in [5.74, 6) is -0.598. The summed E-state index contributed by atoms with van der Waals surface area (Å²) in [5.41, 5.74) is 9.86. The van der Waals surface area contributed by atoms with Crippen LogP contribution in [0.25, 0.3) is 11.1 Å². The minimum atomic E-state index is -0.992. The average Bonchev–Trinajstić information content (AvgIpc) is 2.92. The number of amides is 1.